The third kappa shape index (κ3) is 5.92. The maximum absolute atomic E-state index is 13.0. The van der Waals surface area contributed by atoms with Crippen molar-refractivity contribution < 1.29 is 19.1 Å². The molecule has 6 nitrogen and oxygen atoms in total. The van der Waals surface area contributed by atoms with Gasteiger partial charge in [-0.25, -0.2) is 4.79 Å². The van der Waals surface area contributed by atoms with E-state index >= 15 is 0 Å². The molecule has 2 amide bonds. The number of benzene rings is 3. The molecule has 0 unspecified atom stereocenters. The van der Waals surface area contributed by atoms with Crippen molar-refractivity contribution in [2.45, 2.75) is 31.8 Å². The third-order valence-electron chi connectivity index (χ3n) is 5.08. The maximum Gasteiger partial charge on any atom is 0.328 e. The van der Waals surface area contributed by atoms with Crippen molar-refractivity contribution in [2.75, 3.05) is 7.11 Å². The minimum absolute atomic E-state index is 0.276. The van der Waals surface area contributed by atoms with Crippen LogP contribution in [0.1, 0.15) is 18.1 Å². The largest absolute Gasteiger partial charge is 0.467 e. The molecule has 160 valence electrons. The van der Waals surface area contributed by atoms with E-state index < -0.39 is 24.0 Å². The Bertz CT molecular complexity index is 1060. The van der Waals surface area contributed by atoms with Crippen LogP contribution in [0.3, 0.4) is 0 Å². The zero-order chi connectivity index (χ0) is 22.2. The number of hydrogen-bond acceptors (Lipinski definition) is 4. The summed E-state index contributed by atoms with van der Waals surface area (Å²) >= 11 is 0. The molecule has 0 aliphatic carbocycles. The predicted octanol–water partition coefficient (Wildman–Crippen LogP) is 2.79. The minimum atomic E-state index is -0.879. The van der Waals surface area contributed by atoms with Crippen LogP contribution in [0.2, 0.25) is 0 Å². The number of ether oxygens (including phenoxy) is 1. The molecule has 2 N–H and O–H groups in total. The third-order valence-corrected chi connectivity index (χ3v) is 5.08. The number of carbonyl (C=O) groups excluding carboxylic acids is 3. The van der Waals surface area contributed by atoms with Gasteiger partial charge in [0, 0.05) is 19.8 Å². The summed E-state index contributed by atoms with van der Waals surface area (Å²) < 4.78 is 4.94. The molecule has 0 bridgehead atoms. The lowest BCUT2D eigenvalue weighted by molar-refractivity contribution is -0.145. The number of hydrogen-bond donors (Lipinski definition) is 2. The van der Waals surface area contributed by atoms with E-state index in [1.54, 1.807) is 0 Å². The Labute approximate surface area is 181 Å². The monoisotopic (exact) mass is 418 g/mol. The second-order valence-corrected chi connectivity index (χ2v) is 7.37. The molecule has 0 fully saturated rings. The molecule has 0 saturated carbocycles. The molecule has 31 heavy (non-hydrogen) atoms. The molecule has 3 aromatic rings. The molecule has 3 aromatic carbocycles. The highest BCUT2D eigenvalue weighted by atomic mass is 16.5. The number of amides is 2. The average Bonchev–Trinajstić information content (AvgIpc) is 2.78. The van der Waals surface area contributed by atoms with Gasteiger partial charge in [0.15, 0.2) is 0 Å². The lowest BCUT2D eigenvalue weighted by Crippen LogP contribution is -2.53. The van der Waals surface area contributed by atoms with Gasteiger partial charge in [0.25, 0.3) is 0 Å². The Morgan fingerprint density at radius 3 is 2.19 bits per heavy atom. The Kier molecular flexibility index (Phi) is 7.38. The van der Waals surface area contributed by atoms with E-state index in [-0.39, 0.29) is 12.3 Å². The van der Waals surface area contributed by atoms with Gasteiger partial charge < -0.3 is 15.4 Å². The van der Waals surface area contributed by atoms with E-state index in [4.69, 9.17) is 4.74 Å². The Morgan fingerprint density at radius 1 is 0.806 bits per heavy atom. The standard InChI is InChI=1S/C25H26N2O4/c1-17(28)26-22(15-18-9-4-3-5-10-18)24(29)27-23(25(30)31-2)16-20-13-8-12-19-11-6-7-14-21(19)20/h3-14,22-23H,15-16H2,1-2H3,(H,26,28)(H,27,29)/t22-,23-/m0/s1. The Hall–Kier alpha value is -3.67. The van der Waals surface area contributed by atoms with Gasteiger partial charge in [-0.2, -0.15) is 0 Å². The molecule has 3 rings (SSSR count). The van der Waals surface area contributed by atoms with E-state index in [0.717, 1.165) is 21.9 Å². The van der Waals surface area contributed by atoms with Gasteiger partial charge in [-0.05, 0) is 21.9 Å². The molecule has 0 aliphatic heterocycles. The Balaban J connectivity index is 1.81. The van der Waals surface area contributed by atoms with Crippen molar-refractivity contribution in [3.05, 3.63) is 83.9 Å². The molecular formula is C25H26N2O4. The number of esters is 1. The molecule has 0 heterocycles. The van der Waals surface area contributed by atoms with E-state index in [1.807, 2.05) is 72.8 Å². The summed E-state index contributed by atoms with van der Waals surface area (Å²) in [6.07, 6.45) is 0.590. The zero-order valence-corrected chi connectivity index (χ0v) is 17.6. The summed E-state index contributed by atoms with van der Waals surface area (Å²) in [5, 5.41) is 7.52. The van der Waals surface area contributed by atoms with Gasteiger partial charge in [-0.1, -0.05) is 72.8 Å². The van der Waals surface area contributed by atoms with Crippen LogP contribution in [0.5, 0.6) is 0 Å². The van der Waals surface area contributed by atoms with Gasteiger partial charge in [-0.15, -0.1) is 0 Å². The molecular weight excluding hydrogens is 392 g/mol. The molecule has 0 aromatic heterocycles. The topological polar surface area (TPSA) is 84.5 Å². The van der Waals surface area contributed by atoms with Crippen LogP contribution in [0, 0.1) is 0 Å². The van der Waals surface area contributed by atoms with Crippen LogP contribution in [0.25, 0.3) is 10.8 Å². The number of fused-ring (bicyclic) bond motifs is 1. The first-order chi connectivity index (χ1) is 15.0. The Morgan fingerprint density at radius 2 is 1.48 bits per heavy atom. The first-order valence-electron chi connectivity index (χ1n) is 10.1. The number of rotatable bonds is 8. The molecule has 0 aliphatic rings. The zero-order valence-electron chi connectivity index (χ0n) is 17.6. The van der Waals surface area contributed by atoms with Crippen molar-refractivity contribution in [1.29, 1.82) is 0 Å². The smallest absolute Gasteiger partial charge is 0.328 e. The van der Waals surface area contributed by atoms with Crippen LogP contribution in [-0.4, -0.2) is 37.0 Å². The fourth-order valence-electron chi connectivity index (χ4n) is 3.60. The summed E-state index contributed by atoms with van der Waals surface area (Å²) in [5.41, 5.74) is 1.83. The SMILES string of the molecule is COC(=O)[C@H](Cc1cccc2ccccc12)NC(=O)[C@H](Cc1ccccc1)NC(C)=O. The van der Waals surface area contributed by atoms with Gasteiger partial charge >= 0.3 is 5.97 Å². The van der Waals surface area contributed by atoms with Crippen LogP contribution in [-0.2, 0) is 32.0 Å². The predicted molar refractivity (Wildman–Crippen MR) is 119 cm³/mol. The van der Waals surface area contributed by atoms with Crippen LogP contribution in [0.4, 0.5) is 0 Å². The number of carbonyl (C=O) groups is 3. The molecule has 2 atom stereocenters. The number of methoxy groups -OCH3 is 1. The fraction of sp³-hybridized carbons (Fsp3) is 0.240. The molecule has 0 radical (unpaired) electrons. The summed E-state index contributed by atoms with van der Waals surface area (Å²) in [5.74, 6) is -1.29. The molecule has 0 saturated heterocycles. The van der Waals surface area contributed by atoms with Crippen LogP contribution in [0.15, 0.2) is 72.8 Å². The number of nitrogens with one attached hydrogen (secondary N) is 2. The van der Waals surface area contributed by atoms with Crippen LogP contribution >= 0.6 is 0 Å². The first kappa shape index (κ1) is 22.0. The van der Waals surface area contributed by atoms with E-state index in [9.17, 15) is 14.4 Å². The normalized spacial score (nSPS) is 12.6. The van der Waals surface area contributed by atoms with Crippen molar-refractivity contribution in [3.63, 3.8) is 0 Å². The average molecular weight is 418 g/mol. The minimum Gasteiger partial charge on any atom is -0.467 e. The van der Waals surface area contributed by atoms with Gasteiger partial charge in [0.1, 0.15) is 12.1 Å². The highest BCUT2D eigenvalue weighted by Crippen LogP contribution is 2.20. The van der Waals surface area contributed by atoms with Crippen molar-refractivity contribution in [2.24, 2.45) is 0 Å². The summed E-state index contributed by atoms with van der Waals surface area (Å²) in [6, 6.07) is 21.4. The summed E-state index contributed by atoms with van der Waals surface area (Å²) in [6.45, 7) is 1.36. The highest BCUT2D eigenvalue weighted by molar-refractivity contribution is 5.91. The summed E-state index contributed by atoms with van der Waals surface area (Å²) in [7, 11) is 1.29. The van der Waals surface area contributed by atoms with Crippen molar-refractivity contribution in [1.82, 2.24) is 10.6 Å². The quantitative estimate of drug-likeness (QED) is 0.551. The summed E-state index contributed by atoms with van der Waals surface area (Å²) in [4.78, 5) is 37.2. The lowest BCUT2D eigenvalue weighted by Gasteiger charge is -2.22. The van der Waals surface area contributed by atoms with Gasteiger partial charge in [-0.3, -0.25) is 9.59 Å². The lowest BCUT2D eigenvalue weighted by atomic mass is 9.98. The van der Waals surface area contributed by atoms with E-state index in [1.165, 1.54) is 14.0 Å². The molecule has 0 spiro atoms. The second kappa shape index (κ2) is 10.4. The van der Waals surface area contributed by atoms with E-state index in [0.29, 0.717) is 6.42 Å². The van der Waals surface area contributed by atoms with E-state index in [2.05, 4.69) is 10.6 Å². The van der Waals surface area contributed by atoms with Gasteiger partial charge in [0.05, 0.1) is 7.11 Å². The first-order valence-corrected chi connectivity index (χ1v) is 10.1. The fourth-order valence-corrected chi connectivity index (χ4v) is 3.60. The van der Waals surface area contributed by atoms with Gasteiger partial charge in [0.2, 0.25) is 11.8 Å². The highest BCUT2D eigenvalue weighted by Gasteiger charge is 2.27. The maximum atomic E-state index is 13.0. The van der Waals surface area contributed by atoms with Crippen molar-refractivity contribution in [3.8, 4) is 0 Å². The molecule has 6 heteroatoms. The second-order valence-electron chi connectivity index (χ2n) is 7.37. The van der Waals surface area contributed by atoms with Crippen molar-refractivity contribution >= 4 is 28.6 Å². The van der Waals surface area contributed by atoms with Crippen LogP contribution < -0.4 is 10.6 Å².